The van der Waals surface area contributed by atoms with Crippen molar-refractivity contribution >= 4 is 5.97 Å². The molecule has 3 aromatic rings. The van der Waals surface area contributed by atoms with E-state index in [4.69, 9.17) is 9.47 Å². The van der Waals surface area contributed by atoms with E-state index in [0.29, 0.717) is 11.6 Å². The Morgan fingerprint density at radius 1 is 1.03 bits per heavy atom. The summed E-state index contributed by atoms with van der Waals surface area (Å²) in [5, 5.41) is 0. The summed E-state index contributed by atoms with van der Waals surface area (Å²) in [6, 6.07) is 21.0. The van der Waals surface area contributed by atoms with Crippen molar-refractivity contribution in [2.75, 3.05) is 14.2 Å². The smallest absolute Gasteiger partial charge is 0.338 e. The Bertz CT molecular complexity index is 1010. The number of rotatable bonds is 9. The van der Waals surface area contributed by atoms with Crippen molar-refractivity contribution in [2.24, 2.45) is 0 Å². The van der Waals surface area contributed by atoms with Crippen LogP contribution in [0, 0.1) is 0 Å². The molecule has 5 heteroatoms. The average Bonchev–Trinajstić information content (AvgIpc) is 3.54. The number of benzene rings is 2. The Kier molecular flexibility index (Phi) is 6.19. The number of hydrogen-bond acceptors (Lipinski definition) is 3. The van der Waals surface area contributed by atoms with E-state index in [9.17, 15) is 4.79 Å². The second-order valence-corrected chi connectivity index (χ2v) is 7.91. The van der Waals surface area contributed by atoms with E-state index < -0.39 is 0 Å². The lowest BCUT2D eigenvalue weighted by atomic mass is 10.1. The van der Waals surface area contributed by atoms with E-state index in [-0.39, 0.29) is 5.97 Å². The number of nitrogens with one attached hydrogen (secondary N) is 1. The molecule has 0 bridgehead atoms. The van der Waals surface area contributed by atoms with E-state index in [2.05, 4.69) is 35.0 Å². The SMILES string of the molecule is COC(=O)c1ccccc1C[NH+](Cc1cccn1Cc1cccc(OC)c1)C1CC1. The predicted octanol–water partition coefficient (Wildman–Crippen LogP) is 3.08. The van der Waals surface area contributed by atoms with Crippen LogP contribution in [-0.2, 0) is 24.4 Å². The number of aromatic nitrogens is 1. The molecule has 1 atom stereocenters. The van der Waals surface area contributed by atoms with Gasteiger partial charge in [-0.2, -0.15) is 0 Å². The molecule has 1 saturated carbocycles. The van der Waals surface area contributed by atoms with E-state index in [1.165, 1.54) is 36.1 Å². The molecule has 1 aliphatic rings. The maximum atomic E-state index is 12.2. The second kappa shape index (κ2) is 9.18. The van der Waals surface area contributed by atoms with Crippen LogP contribution in [0.15, 0.2) is 66.9 Å². The highest BCUT2D eigenvalue weighted by molar-refractivity contribution is 5.90. The molecule has 0 aliphatic heterocycles. The van der Waals surface area contributed by atoms with E-state index in [1.54, 1.807) is 7.11 Å². The first kappa shape index (κ1) is 20.2. The second-order valence-electron chi connectivity index (χ2n) is 7.91. The highest BCUT2D eigenvalue weighted by Crippen LogP contribution is 2.19. The topological polar surface area (TPSA) is 44.9 Å². The molecule has 0 amide bonds. The molecule has 1 fully saturated rings. The fraction of sp³-hybridized carbons (Fsp3) is 0.320. The van der Waals surface area contributed by atoms with Gasteiger partial charge in [-0.25, -0.2) is 4.79 Å². The third kappa shape index (κ3) is 4.74. The molecule has 1 heterocycles. The van der Waals surface area contributed by atoms with Crippen LogP contribution >= 0.6 is 0 Å². The maximum absolute atomic E-state index is 12.2. The molecule has 1 N–H and O–H groups in total. The normalized spacial score (nSPS) is 14.3. The quantitative estimate of drug-likeness (QED) is 0.557. The van der Waals surface area contributed by atoms with Gasteiger partial charge in [0.25, 0.3) is 0 Å². The molecule has 4 rings (SSSR count). The van der Waals surface area contributed by atoms with Gasteiger partial charge in [0.15, 0.2) is 0 Å². The number of quaternary nitrogens is 1. The van der Waals surface area contributed by atoms with Crippen LogP contribution in [0.3, 0.4) is 0 Å². The summed E-state index contributed by atoms with van der Waals surface area (Å²) in [7, 11) is 3.14. The number of nitrogens with zero attached hydrogens (tertiary/aromatic N) is 1. The number of carbonyl (C=O) groups excluding carboxylic acids is 1. The van der Waals surface area contributed by atoms with Crippen LogP contribution in [0.4, 0.5) is 0 Å². The van der Waals surface area contributed by atoms with Crippen molar-refractivity contribution in [2.45, 2.75) is 38.5 Å². The van der Waals surface area contributed by atoms with Gasteiger partial charge in [0.05, 0.1) is 31.5 Å². The lowest BCUT2D eigenvalue weighted by molar-refractivity contribution is -0.938. The Balaban J connectivity index is 1.52. The van der Waals surface area contributed by atoms with Gasteiger partial charge < -0.3 is 18.9 Å². The molecule has 0 radical (unpaired) electrons. The van der Waals surface area contributed by atoms with Gasteiger partial charge in [0, 0.05) is 31.1 Å². The van der Waals surface area contributed by atoms with Gasteiger partial charge in [0.2, 0.25) is 0 Å². The van der Waals surface area contributed by atoms with E-state index in [0.717, 1.165) is 30.9 Å². The minimum atomic E-state index is -0.262. The predicted molar refractivity (Wildman–Crippen MR) is 116 cm³/mol. The summed E-state index contributed by atoms with van der Waals surface area (Å²) in [4.78, 5) is 13.7. The Morgan fingerprint density at radius 2 is 1.87 bits per heavy atom. The summed E-state index contributed by atoms with van der Waals surface area (Å²) >= 11 is 0. The van der Waals surface area contributed by atoms with Gasteiger partial charge in [-0.3, -0.25) is 0 Å². The number of carbonyl (C=O) groups is 1. The third-order valence-electron chi connectivity index (χ3n) is 5.81. The third-order valence-corrected chi connectivity index (χ3v) is 5.81. The Labute approximate surface area is 177 Å². The van der Waals surface area contributed by atoms with Gasteiger partial charge in [0.1, 0.15) is 18.8 Å². The van der Waals surface area contributed by atoms with Crippen molar-refractivity contribution in [3.8, 4) is 5.75 Å². The molecule has 5 nitrogen and oxygen atoms in total. The minimum Gasteiger partial charge on any atom is -0.497 e. The number of methoxy groups -OCH3 is 2. The van der Waals surface area contributed by atoms with Gasteiger partial charge in [-0.15, -0.1) is 0 Å². The number of ether oxygens (including phenoxy) is 2. The van der Waals surface area contributed by atoms with Crippen LogP contribution in [0.25, 0.3) is 0 Å². The molecule has 1 unspecified atom stereocenters. The van der Waals surface area contributed by atoms with Gasteiger partial charge in [-0.1, -0.05) is 30.3 Å². The van der Waals surface area contributed by atoms with Gasteiger partial charge in [-0.05, 0) is 35.9 Å². The fourth-order valence-electron chi connectivity index (χ4n) is 4.04. The largest absolute Gasteiger partial charge is 0.497 e. The summed E-state index contributed by atoms with van der Waals surface area (Å²) in [5.41, 5.74) is 4.24. The zero-order valence-electron chi connectivity index (χ0n) is 17.6. The molecule has 30 heavy (non-hydrogen) atoms. The Hall–Kier alpha value is -3.05. The number of esters is 1. The first-order chi connectivity index (χ1) is 14.7. The summed E-state index contributed by atoms with van der Waals surface area (Å²) in [6.45, 7) is 2.56. The van der Waals surface area contributed by atoms with Crippen molar-refractivity contribution in [1.82, 2.24) is 4.57 Å². The lowest BCUT2D eigenvalue weighted by Crippen LogP contribution is -3.10. The van der Waals surface area contributed by atoms with Gasteiger partial charge >= 0.3 is 5.97 Å². The van der Waals surface area contributed by atoms with Crippen molar-refractivity contribution < 1.29 is 19.2 Å². The minimum absolute atomic E-state index is 0.262. The zero-order chi connectivity index (χ0) is 20.9. The summed E-state index contributed by atoms with van der Waals surface area (Å²) < 4.78 is 12.7. The molecule has 1 aliphatic carbocycles. The molecule has 1 aromatic heterocycles. The first-order valence-corrected chi connectivity index (χ1v) is 10.5. The zero-order valence-corrected chi connectivity index (χ0v) is 17.6. The van der Waals surface area contributed by atoms with Crippen molar-refractivity contribution in [3.05, 3.63) is 89.2 Å². The van der Waals surface area contributed by atoms with E-state index in [1.807, 2.05) is 36.4 Å². The Morgan fingerprint density at radius 3 is 2.63 bits per heavy atom. The lowest BCUT2D eigenvalue weighted by Gasteiger charge is -2.21. The van der Waals surface area contributed by atoms with E-state index >= 15 is 0 Å². The first-order valence-electron chi connectivity index (χ1n) is 10.5. The van der Waals surface area contributed by atoms with Crippen LogP contribution in [0.1, 0.15) is 40.0 Å². The summed E-state index contributed by atoms with van der Waals surface area (Å²) in [6.07, 6.45) is 4.63. The van der Waals surface area contributed by atoms with Crippen LogP contribution in [-0.4, -0.2) is 30.8 Å². The van der Waals surface area contributed by atoms with Crippen molar-refractivity contribution in [3.63, 3.8) is 0 Å². The fourth-order valence-corrected chi connectivity index (χ4v) is 4.04. The number of hydrogen-bond donors (Lipinski definition) is 1. The average molecular weight is 406 g/mol. The van der Waals surface area contributed by atoms with Crippen LogP contribution < -0.4 is 9.64 Å². The molecule has 2 aromatic carbocycles. The maximum Gasteiger partial charge on any atom is 0.338 e. The highest BCUT2D eigenvalue weighted by Gasteiger charge is 2.34. The standard InChI is InChI=1S/C25H28N2O3/c1-29-23-10-5-7-19(15-23)16-26-14-6-9-22(26)18-27(21-12-13-21)17-20-8-3-4-11-24(20)25(28)30-2/h3-11,14-15,21H,12-13,16-18H2,1-2H3/p+1. The molecule has 0 spiro atoms. The molecular formula is C25H29N2O3+. The molecular weight excluding hydrogens is 376 g/mol. The highest BCUT2D eigenvalue weighted by atomic mass is 16.5. The molecule has 0 saturated heterocycles. The van der Waals surface area contributed by atoms with Crippen LogP contribution in [0.5, 0.6) is 5.75 Å². The van der Waals surface area contributed by atoms with Crippen molar-refractivity contribution in [1.29, 1.82) is 0 Å². The molecule has 156 valence electrons. The monoisotopic (exact) mass is 405 g/mol. The summed E-state index contributed by atoms with van der Waals surface area (Å²) in [5.74, 6) is 0.619. The van der Waals surface area contributed by atoms with Crippen LogP contribution in [0.2, 0.25) is 0 Å².